The first-order chi connectivity index (χ1) is 7.90. The summed E-state index contributed by atoms with van der Waals surface area (Å²) in [6.07, 6.45) is 0.499. The highest BCUT2D eigenvalue weighted by atomic mass is 35.5. The number of rotatable bonds is 5. The quantitative estimate of drug-likeness (QED) is 0.670. The Balaban J connectivity index is 2.72. The molecule has 1 unspecified atom stereocenters. The Labute approximate surface area is 103 Å². The average Bonchev–Trinajstić information content (AvgIpc) is 2.23. The first kappa shape index (κ1) is 14.0. The van der Waals surface area contributed by atoms with Crippen LogP contribution in [0.5, 0.6) is 0 Å². The molecule has 0 saturated carbocycles. The van der Waals surface area contributed by atoms with Crippen LogP contribution in [0, 0.1) is 0 Å². The molecule has 0 bridgehead atoms. The second-order valence-corrected chi connectivity index (χ2v) is 4.51. The van der Waals surface area contributed by atoms with E-state index in [9.17, 15) is 14.7 Å². The van der Waals surface area contributed by atoms with Crippen molar-refractivity contribution in [1.82, 2.24) is 14.9 Å². The number of H-pyrrole nitrogens is 1. The number of aromatic amines is 1. The van der Waals surface area contributed by atoms with Crippen molar-refractivity contribution < 1.29 is 5.11 Å². The van der Waals surface area contributed by atoms with Gasteiger partial charge in [-0.3, -0.25) is 14.3 Å². The van der Waals surface area contributed by atoms with Gasteiger partial charge in [-0.2, -0.15) is 0 Å². The maximum absolute atomic E-state index is 11.4. The Morgan fingerprint density at radius 2 is 2.18 bits per heavy atom. The van der Waals surface area contributed by atoms with E-state index in [-0.39, 0.29) is 17.6 Å². The summed E-state index contributed by atoms with van der Waals surface area (Å²) in [5.74, 6) is 0. The summed E-state index contributed by atoms with van der Waals surface area (Å²) in [4.78, 5) is 24.5. The Bertz CT molecular complexity index is 480. The lowest BCUT2D eigenvalue weighted by atomic mass is 10.3. The summed E-state index contributed by atoms with van der Waals surface area (Å²) in [5, 5.41) is 12.6. The van der Waals surface area contributed by atoms with Gasteiger partial charge in [-0.25, -0.2) is 4.79 Å². The van der Waals surface area contributed by atoms with Gasteiger partial charge in [-0.1, -0.05) is 25.4 Å². The maximum atomic E-state index is 11.4. The summed E-state index contributed by atoms with van der Waals surface area (Å²) >= 11 is 5.60. The van der Waals surface area contributed by atoms with Crippen LogP contribution in [0.25, 0.3) is 0 Å². The normalized spacial score (nSPS) is 13.0. The van der Waals surface area contributed by atoms with E-state index in [1.54, 1.807) is 0 Å². The standard InChI is InChI=1S/C10H16ClN3O3/c1-6(2)12-3-7(15)4-14-5-8(11)9(16)13-10(14)17/h5-7,12,15H,3-4H2,1-2H3,(H,13,16,17). The van der Waals surface area contributed by atoms with Gasteiger partial charge in [0.2, 0.25) is 0 Å². The highest BCUT2D eigenvalue weighted by Crippen LogP contribution is 1.97. The van der Waals surface area contributed by atoms with Crippen molar-refractivity contribution in [2.24, 2.45) is 0 Å². The van der Waals surface area contributed by atoms with Gasteiger partial charge in [-0.15, -0.1) is 0 Å². The van der Waals surface area contributed by atoms with E-state index in [0.717, 1.165) is 0 Å². The zero-order chi connectivity index (χ0) is 13.0. The van der Waals surface area contributed by atoms with Crippen LogP contribution in [0.15, 0.2) is 15.8 Å². The molecule has 0 aromatic carbocycles. The van der Waals surface area contributed by atoms with Gasteiger partial charge in [-0.05, 0) is 0 Å². The largest absolute Gasteiger partial charge is 0.390 e. The van der Waals surface area contributed by atoms with Crippen LogP contribution in [0.2, 0.25) is 5.02 Å². The summed E-state index contributed by atoms with van der Waals surface area (Å²) in [6.45, 7) is 4.35. The van der Waals surface area contributed by atoms with Crippen molar-refractivity contribution in [3.63, 3.8) is 0 Å². The Morgan fingerprint density at radius 1 is 1.53 bits per heavy atom. The second kappa shape index (κ2) is 6.00. The van der Waals surface area contributed by atoms with Crippen molar-refractivity contribution >= 4 is 11.6 Å². The second-order valence-electron chi connectivity index (χ2n) is 4.11. The third-order valence-electron chi connectivity index (χ3n) is 2.14. The third-order valence-corrected chi connectivity index (χ3v) is 2.41. The van der Waals surface area contributed by atoms with E-state index >= 15 is 0 Å². The molecule has 1 aromatic rings. The number of hydrogen-bond acceptors (Lipinski definition) is 4. The fraction of sp³-hybridized carbons (Fsp3) is 0.600. The summed E-state index contributed by atoms with van der Waals surface area (Å²) < 4.78 is 1.18. The van der Waals surface area contributed by atoms with Crippen LogP contribution in [-0.4, -0.2) is 33.3 Å². The summed E-state index contributed by atoms with van der Waals surface area (Å²) in [6, 6.07) is 0.251. The molecule has 0 radical (unpaired) electrons. The molecule has 0 amide bonds. The zero-order valence-corrected chi connectivity index (χ0v) is 10.5. The fourth-order valence-electron chi connectivity index (χ4n) is 1.28. The van der Waals surface area contributed by atoms with E-state index in [0.29, 0.717) is 6.54 Å². The summed E-state index contributed by atoms with van der Waals surface area (Å²) in [5.41, 5.74) is -1.20. The molecule has 0 aliphatic heterocycles. The number of nitrogens with zero attached hydrogens (tertiary/aromatic N) is 1. The zero-order valence-electron chi connectivity index (χ0n) is 9.74. The molecule has 17 heavy (non-hydrogen) atoms. The van der Waals surface area contributed by atoms with E-state index in [1.807, 2.05) is 13.8 Å². The van der Waals surface area contributed by atoms with Crippen LogP contribution in [-0.2, 0) is 6.54 Å². The number of aliphatic hydroxyl groups is 1. The topological polar surface area (TPSA) is 87.1 Å². The molecule has 0 saturated heterocycles. The maximum Gasteiger partial charge on any atom is 0.328 e. The predicted octanol–water partition coefficient (Wildman–Crippen LogP) is -0.451. The van der Waals surface area contributed by atoms with Crippen molar-refractivity contribution in [3.8, 4) is 0 Å². The Kier molecular flexibility index (Phi) is 4.92. The van der Waals surface area contributed by atoms with Gasteiger partial charge in [0.1, 0.15) is 5.02 Å². The highest BCUT2D eigenvalue weighted by molar-refractivity contribution is 6.30. The van der Waals surface area contributed by atoms with E-state index < -0.39 is 17.4 Å². The van der Waals surface area contributed by atoms with E-state index in [2.05, 4.69) is 10.3 Å². The van der Waals surface area contributed by atoms with Gasteiger partial charge in [0.05, 0.1) is 12.6 Å². The fourth-order valence-corrected chi connectivity index (χ4v) is 1.45. The SMILES string of the molecule is CC(C)NCC(O)Cn1cc(Cl)c(=O)[nH]c1=O. The minimum Gasteiger partial charge on any atom is -0.390 e. The molecule has 1 rings (SSSR count). The van der Waals surface area contributed by atoms with Crippen LogP contribution >= 0.6 is 11.6 Å². The minimum atomic E-state index is -0.725. The van der Waals surface area contributed by atoms with Gasteiger partial charge >= 0.3 is 5.69 Å². The van der Waals surface area contributed by atoms with Gasteiger partial charge in [0, 0.05) is 18.8 Å². The number of halogens is 1. The smallest absolute Gasteiger partial charge is 0.328 e. The highest BCUT2D eigenvalue weighted by Gasteiger charge is 2.09. The Morgan fingerprint density at radius 3 is 2.76 bits per heavy atom. The Hall–Kier alpha value is -1.11. The monoisotopic (exact) mass is 261 g/mol. The van der Waals surface area contributed by atoms with Crippen molar-refractivity contribution in [2.75, 3.05) is 6.54 Å². The van der Waals surface area contributed by atoms with Gasteiger partial charge in [0.25, 0.3) is 5.56 Å². The first-order valence-corrected chi connectivity index (χ1v) is 5.68. The molecule has 0 fully saturated rings. The average molecular weight is 262 g/mol. The molecule has 96 valence electrons. The van der Waals surface area contributed by atoms with Crippen LogP contribution in [0.3, 0.4) is 0 Å². The molecule has 1 atom stereocenters. The van der Waals surface area contributed by atoms with Gasteiger partial charge in [0.15, 0.2) is 0 Å². The molecule has 3 N–H and O–H groups in total. The van der Waals surface area contributed by atoms with Crippen LogP contribution in [0.1, 0.15) is 13.8 Å². The van der Waals surface area contributed by atoms with Crippen LogP contribution in [0.4, 0.5) is 0 Å². The lowest BCUT2D eigenvalue weighted by Crippen LogP contribution is -2.38. The summed E-state index contributed by atoms with van der Waals surface area (Å²) in [7, 11) is 0. The molecule has 0 aliphatic carbocycles. The van der Waals surface area contributed by atoms with Gasteiger partial charge < -0.3 is 10.4 Å². The molecular formula is C10H16ClN3O3. The van der Waals surface area contributed by atoms with Crippen molar-refractivity contribution in [3.05, 3.63) is 32.1 Å². The lowest BCUT2D eigenvalue weighted by Gasteiger charge is -2.15. The molecule has 0 aliphatic rings. The number of aromatic nitrogens is 2. The van der Waals surface area contributed by atoms with Crippen molar-refractivity contribution in [1.29, 1.82) is 0 Å². The molecule has 6 nitrogen and oxygen atoms in total. The van der Waals surface area contributed by atoms with Crippen molar-refractivity contribution in [2.45, 2.75) is 32.5 Å². The molecule has 0 spiro atoms. The number of nitrogens with one attached hydrogen (secondary N) is 2. The minimum absolute atomic E-state index is 0.0754. The van der Waals surface area contributed by atoms with Crippen LogP contribution < -0.4 is 16.6 Å². The molecule has 7 heteroatoms. The molecule has 1 heterocycles. The number of hydrogen-bond donors (Lipinski definition) is 3. The van der Waals surface area contributed by atoms with E-state index in [1.165, 1.54) is 10.8 Å². The predicted molar refractivity (Wildman–Crippen MR) is 65.5 cm³/mol. The van der Waals surface area contributed by atoms with E-state index in [4.69, 9.17) is 11.6 Å². The lowest BCUT2D eigenvalue weighted by molar-refractivity contribution is 0.147. The third kappa shape index (κ3) is 4.33. The molecular weight excluding hydrogens is 246 g/mol. The number of aliphatic hydroxyl groups excluding tert-OH is 1. The first-order valence-electron chi connectivity index (χ1n) is 5.31. The molecule has 1 aromatic heterocycles.